The predicted molar refractivity (Wildman–Crippen MR) is 122 cm³/mol. The standard InChI is InChI=1S/C26H26N4/c1-26(2,3)21-12-7-19(8-13-21)11-16-23-25(30-17-5-4-6-24(30)29-23)28-22-14-9-20(18-27)10-15-22/h4-10,12-15,17,28H,11,16H2,1-3H3. The van der Waals surface area contributed by atoms with Gasteiger partial charge in [-0.25, -0.2) is 4.98 Å². The Balaban J connectivity index is 1.59. The third-order valence-electron chi connectivity index (χ3n) is 5.35. The van der Waals surface area contributed by atoms with Gasteiger partial charge in [0.15, 0.2) is 0 Å². The molecule has 0 saturated heterocycles. The van der Waals surface area contributed by atoms with Crippen molar-refractivity contribution in [2.75, 3.05) is 5.32 Å². The number of hydrogen-bond donors (Lipinski definition) is 1. The van der Waals surface area contributed by atoms with E-state index in [4.69, 9.17) is 10.2 Å². The van der Waals surface area contributed by atoms with Gasteiger partial charge in [0, 0.05) is 11.9 Å². The fourth-order valence-electron chi connectivity index (χ4n) is 3.55. The van der Waals surface area contributed by atoms with Crippen LogP contribution in [0.3, 0.4) is 0 Å². The number of aromatic nitrogens is 2. The Morgan fingerprint density at radius 2 is 1.67 bits per heavy atom. The molecule has 0 bridgehead atoms. The summed E-state index contributed by atoms with van der Waals surface area (Å²) in [5.41, 5.74) is 6.37. The lowest BCUT2D eigenvalue weighted by Gasteiger charge is -2.19. The Morgan fingerprint density at radius 3 is 2.33 bits per heavy atom. The molecular formula is C26H26N4. The van der Waals surface area contributed by atoms with E-state index in [1.165, 1.54) is 11.1 Å². The monoisotopic (exact) mass is 394 g/mol. The van der Waals surface area contributed by atoms with Gasteiger partial charge in [-0.2, -0.15) is 5.26 Å². The van der Waals surface area contributed by atoms with Crippen LogP contribution in [-0.4, -0.2) is 9.38 Å². The fourth-order valence-corrected chi connectivity index (χ4v) is 3.55. The summed E-state index contributed by atoms with van der Waals surface area (Å²) >= 11 is 0. The van der Waals surface area contributed by atoms with Crippen molar-refractivity contribution in [3.05, 3.63) is 95.3 Å². The third kappa shape index (κ3) is 4.21. The molecule has 2 aromatic carbocycles. The topological polar surface area (TPSA) is 53.1 Å². The second-order valence-corrected chi connectivity index (χ2v) is 8.60. The number of nitriles is 1. The van der Waals surface area contributed by atoms with Gasteiger partial charge in [0.25, 0.3) is 0 Å². The quantitative estimate of drug-likeness (QED) is 0.449. The maximum Gasteiger partial charge on any atom is 0.138 e. The average Bonchev–Trinajstić information content (AvgIpc) is 3.10. The van der Waals surface area contributed by atoms with Crippen molar-refractivity contribution in [3.8, 4) is 6.07 Å². The first-order chi connectivity index (χ1) is 14.4. The molecule has 4 aromatic rings. The lowest BCUT2D eigenvalue weighted by molar-refractivity contribution is 0.590. The largest absolute Gasteiger partial charge is 0.340 e. The van der Waals surface area contributed by atoms with Crippen LogP contribution in [0.1, 0.15) is 43.2 Å². The highest BCUT2D eigenvalue weighted by Gasteiger charge is 2.14. The number of hydrogen-bond acceptors (Lipinski definition) is 3. The van der Waals surface area contributed by atoms with E-state index in [1.807, 2.05) is 48.7 Å². The number of pyridine rings is 1. The fraction of sp³-hybridized carbons (Fsp3) is 0.231. The summed E-state index contributed by atoms with van der Waals surface area (Å²) in [6.45, 7) is 6.71. The van der Waals surface area contributed by atoms with E-state index >= 15 is 0 Å². The van der Waals surface area contributed by atoms with E-state index in [0.29, 0.717) is 5.56 Å². The highest BCUT2D eigenvalue weighted by molar-refractivity contribution is 5.64. The van der Waals surface area contributed by atoms with Gasteiger partial charge in [-0.1, -0.05) is 51.1 Å². The van der Waals surface area contributed by atoms with Crippen molar-refractivity contribution < 1.29 is 0 Å². The zero-order chi connectivity index (χ0) is 21.1. The Kier molecular flexibility index (Phi) is 5.29. The highest BCUT2D eigenvalue weighted by Crippen LogP contribution is 2.26. The summed E-state index contributed by atoms with van der Waals surface area (Å²) in [5, 5.41) is 12.5. The molecule has 0 radical (unpaired) electrons. The van der Waals surface area contributed by atoms with Crippen molar-refractivity contribution >= 4 is 17.2 Å². The van der Waals surface area contributed by atoms with Crippen molar-refractivity contribution in [2.45, 2.75) is 39.0 Å². The summed E-state index contributed by atoms with van der Waals surface area (Å²) in [6.07, 6.45) is 3.79. The number of fused-ring (bicyclic) bond motifs is 1. The minimum absolute atomic E-state index is 0.165. The van der Waals surface area contributed by atoms with Gasteiger partial charge in [0.2, 0.25) is 0 Å². The van der Waals surface area contributed by atoms with Crippen LogP contribution in [0.4, 0.5) is 11.5 Å². The smallest absolute Gasteiger partial charge is 0.138 e. The first kappa shape index (κ1) is 19.7. The molecule has 4 nitrogen and oxygen atoms in total. The molecule has 4 heteroatoms. The molecule has 1 N–H and O–H groups in total. The maximum absolute atomic E-state index is 9.03. The predicted octanol–water partition coefficient (Wildman–Crippen LogP) is 6.03. The Bertz CT molecular complexity index is 1190. The number of aryl methyl sites for hydroxylation is 2. The van der Waals surface area contributed by atoms with Crippen molar-refractivity contribution in [2.24, 2.45) is 0 Å². The summed E-state index contributed by atoms with van der Waals surface area (Å²) in [4.78, 5) is 4.86. The number of rotatable bonds is 5. The van der Waals surface area contributed by atoms with Crippen LogP contribution in [0.2, 0.25) is 0 Å². The molecular weight excluding hydrogens is 368 g/mol. The molecule has 0 aliphatic carbocycles. The second kappa shape index (κ2) is 8.04. The van der Waals surface area contributed by atoms with Crippen molar-refractivity contribution in [3.63, 3.8) is 0 Å². The van der Waals surface area contributed by atoms with Gasteiger partial charge in [-0.05, 0) is 65.8 Å². The minimum atomic E-state index is 0.165. The molecule has 4 rings (SSSR count). The van der Waals surface area contributed by atoms with E-state index in [0.717, 1.165) is 35.7 Å². The number of anilines is 2. The molecule has 0 aliphatic rings. The Labute approximate surface area is 177 Å². The van der Waals surface area contributed by atoms with Gasteiger partial charge in [-0.15, -0.1) is 0 Å². The number of benzene rings is 2. The molecule has 30 heavy (non-hydrogen) atoms. The van der Waals surface area contributed by atoms with Crippen molar-refractivity contribution in [1.82, 2.24) is 9.38 Å². The van der Waals surface area contributed by atoms with Crippen LogP contribution < -0.4 is 5.32 Å². The number of nitrogens with zero attached hydrogens (tertiary/aromatic N) is 3. The minimum Gasteiger partial charge on any atom is -0.340 e. The number of imidazole rings is 1. The second-order valence-electron chi connectivity index (χ2n) is 8.60. The summed E-state index contributed by atoms with van der Waals surface area (Å²) in [5.74, 6) is 0.974. The molecule has 0 amide bonds. The van der Waals surface area contributed by atoms with Crippen molar-refractivity contribution in [1.29, 1.82) is 5.26 Å². The SMILES string of the molecule is CC(C)(C)c1ccc(CCc2nc3ccccn3c2Nc2ccc(C#N)cc2)cc1. The first-order valence-corrected chi connectivity index (χ1v) is 10.3. The number of nitrogens with one attached hydrogen (secondary N) is 1. The van der Waals surface area contributed by atoms with Gasteiger partial charge in [0.1, 0.15) is 11.5 Å². The molecule has 2 heterocycles. The third-order valence-corrected chi connectivity index (χ3v) is 5.35. The van der Waals surface area contributed by atoms with Crippen LogP contribution in [0, 0.1) is 11.3 Å². The van der Waals surface area contributed by atoms with E-state index in [1.54, 1.807) is 0 Å². The normalized spacial score (nSPS) is 11.4. The van der Waals surface area contributed by atoms with Gasteiger partial charge >= 0.3 is 0 Å². The molecule has 0 fully saturated rings. The average molecular weight is 395 g/mol. The molecule has 0 aliphatic heterocycles. The highest BCUT2D eigenvalue weighted by atomic mass is 15.1. The molecule has 150 valence electrons. The van der Waals surface area contributed by atoms with E-state index < -0.39 is 0 Å². The zero-order valence-electron chi connectivity index (χ0n) is 17.7. The molecule has 0 atom stereocenters. The molecule has 0 saturated carbocycles. The van der Waals surface area contributed by atoms with Crippen LogP contribution in [0.15, 0.2) is 72.9 Å². The van der Waals surface area contributed by atoms with Crippen LogP contribution >= 0.6 is 0 Å². The summed E-state index contributed by atoms with van der Waals surface area (Å²) in [6, 6.07) is 24.6. The molecule has 0 unspecified atom stereocenters. The van der Waals surface area contributed by atoms with E-state index in [2.05, 4.69) is 60.8 Å². The summed E-state index contributed by atoms with van der Waals surface area (Å²) < 4.78 is 2.08. The maximum atomic E-state index is 9.03. The van der Waals surface area contributed by atoms with Gasteiger partial charge in [-0.3, -0.25) is 4.40 Å². The summed E-state index contributed by atoms with van der Waals surface area (Å²) in [7, 11) is 0. The van der Waals surface area contributed by atoms with Gasteiger partial charge in [0.05, 0.1) is 17.3 Å². The first-order valence-electron chi connectivity index (χ1n) is 10.3. The van der Waals surface area contributed by atoms with E-state index in [-0.39, 0.29) is 5.41 Å². The Morgan fingerprint density at radius 1 is 0.933 bits per heavy atom. The van der Waals surface area contributed by atoms with Crippen LogP contribution in [0.25, 0.3) is 5.65 Å². The lowest BCUT2D eigenvalue weighted by Crippen LogP contribution is -2.10. The molecule has 2 aromatic heterocycles. The van der Waals surface area contributed by atoms with Gasteiger partial charge < -0.3 is 5.32 Å². The lowest BCUT2D eigenvalue weighted by atomic mass is 9.86. The molecule has 0 spiro atoms. The Hall–Kier alpha value is -3.58. The van der Waals surface area contributed by atoms with Crippen LogP contribution in [0.5, 0.6) is 0 Å². The van der Waals surface area contributed by atoms with Crippen LogP contribution in [-0.2, 0) is 18.3 Å². The van der Waals surface area contributed by atoms with E-state index in [9.17, 15) is 0 Å². The zero-order valence-corrected chi connectivity index (χ0v) is 17.7.